The van der Waals surface area contributed by atoms with Gasteiger partial charge in [-0.15, -0.1) is 0 Å². The molecule has 0 fully saturated rings. The molecular formula is C27H37FN4O4. The number of aromatic nitrogens is 1. The monoisotopic (exact) mass is 500 g/mol. The van der Waals surface area contributed by atoms with Crippen LogP contribution in [0.1, 0.15) is 32.3 Å². The third kappa shape index (κ3) is 8.27. The highest BCUT2D eigenvalue weighted by atomic mass is 19.1. The van der Waals surface area contributed by atoms with Gasteiger partial charge in [-0.1, -0.05) is 19.9 Å². The molecule has 2 aromatic rings. The van der Waals surface area contributed by atoms with Crippen molar-refractivity contribution >= 4 is 17.5 Å². The van der Waals surface area contributed by atoms with Crippen molar-refractivity contribution < 1.29 is 23.5 Å². The standard InChI is InChI=1S/C27H37FN4O4/c1-21(2)17-30-12-6-14-31(26(33)20-36-25-8-4-5-11-29-25)18-22-16-23(28)9-10-24(22)32(15-7-13-30)27(34)19-35-3/h4-5,8-11,16,21H,6-7,12-15,17-20H2,1-3H3. The van der Waals surface area contributed by atoms with E-state index in [1.807, 2.05) is 0 Å². The van der Waals surface area contributed by atoms with Crippen LogP contribution in [-0.4, -0.2) is 79.6 Å². The third-order valence-electron chi connectivity index (χ3n) is 5.98. The van der Waals surface area contributed by atoms with Gasteiger partial charge in [0.05, 0.1) is 0 Å². The summed E-state index contributed by atoms with van der Waals surface area (Å²) in [6, 6.07) is 9.62. The van der Waals surface area contributed by atoms with E-state index in [0.717, 1.165) is 32.5 Å². The molecule has 1 aliphatic heterocycles. The van der Waals surface area contributed by atoms with Gasteiger partial charge in [0.25, 0.3) is 11.8 Å². The van der Waals surface area contributed by atoms with Crippen LogP contribution in [0.4, 0.5) is 10.1 Å². The molecule has 1 aromatic carbocycles. The first-order valence-corrected chi connectivity index (χ1v) is 12.5. The molecule has 0 unspecified atom stereocenters. The number of carbonyl (C=O) groups is 2. The van der Waals surface area contributed by atoms with Gasteiger partial charge >= 0.3 is 0 Å². The minimum absolute atomic E-state index is 0.0763. The SMILES string of the molecule is COCC(=O)N1CCCN(CC(C)C)CCCN(C(=O)COc2ccccn2)Cc2cc(F)ccc21. The second kappa shape index (κ2) is 13.9. The zero-order valence-electron chi connectivity index (χ0n) is 21.5. The van der Waals surface area contributed by atoms with E-state index < -0.39 is 5.82 Å². The van der Waals surface area contributed by atoms with Crippen LogP contribution in [0.25, 0.3) is 0 Å². The molecule has 9 heteroatoms. The first-order chi connectivity index (χ1) is 17.4. The lowest BCUT2D eigenvalue weighted by Gasteiger charge is -2.32. The number of anilines is 1. The van der Waals surface area contributed by atoms with Crippen molar-refractivity contribution in [2.75, 3.05) is 57.9 Å². The van der Waals surface area contributed by atoms with Crippen molar-refractivity contribution in [1.82, 2.24) is 14.8 Å². The summed E-state index contributed by atoms with van der Waals surface area (Å²) < 4.78 is 25.0. The van der Waals surface area contributed by atoms with Gasteiger partial charge in [0.1, 0.15) is 12.4 Å². The Bertz CT molecular complexity index is 989. The fourth-order valence-electron chi connectivity index (χ4n) is 4.43. The number of benzene rings is 1. The van der Waals surface area contributed by atoms with Gasteiger partial charge in [-0.3, -0.25) is 9.59 Å². The average molecular weight is 501 g/mol. The van der Waals surface area contributed by atoms with E-state index in [1.165, 1.54) is 19.2 Å². The highest BCUT2D eigenvalue weighted by Crippen LogP contribution is 2.25. The Kier molecular flexibility index (Phi) is 10.6. The maximum Gasteiger partial charge on any atom is 0.260 e. The number of halogens is 1. The van der Waals surface area contributed by atoms with Crippen LogP contribution < -0.4 is 9.64 Å². The Morgan fingerprint density at radius 1 is 1.03 bits per heavy atom. The predicted octanol–water partition coefficient (Wildman–Crippen LogP) is 3.36. The maximum absolute atomic E-state index is 14.3. The molecule has 0 spiro atoms. The summed E-state index contributed by atoms with van der Waals surface area (Å²) in [5.41, 5.74) is 1.17. The summed E-state index contributed by atoms with van der Waals surface area (Å²) in [5, 5.41) is 0. The minimum atomic E-state index is -0.416. The van der Waals surface area contributed by atoms with Gasteiger partial charge in [-0.25, -0.2) is 9.37 Å². The van der Waals surface area contributed by atoms with Crippen molar-refractivity contribution in [2.24, 2.45) is 5.92 Å². The summed E-state index contributed by atoms with van der Waals surface area (Å²) in [4.78, 5) is 36.0. The lowest BCUT2D eigenvalue weighted by Crippen LogP contribution is -2.41. The number of pyridine rings is 1. The Morgan fingerprint density at radius 3 is 2.50 bits per heavy atom. The number of amides is 2. The minimum Gasteiger partial charge on any atom is -0.468 e. The molecule has 0 saturated carbocycles. The largest absolute Gasteiger partial charge is 0.468 e. The lowest BCUT2D eigenvalue weighted by atomic mass is 10.1. The Balaban J connectivity index is 1.89. The van der Waals surface area contributed by atoms with Crippen LogP contribution in [-0.2, 0) is 20.9 Å². The summed E-state index contributed by atoms with van der Waals surface area (Å²) >= 11 is 0. The van der Waals surface area contributed by atoms with E-state index in [1.54, 1.807) is 40.3 Å². The lowest BCUT2D eigenvalue weighted by molar-refractivity contribution is -0.134. The normalized spacial score (nSPS) is 15.7. The number of hydrogen-bond donors (Lipinski definition) is 0. The van der Waals surface area contributed by atoms with Crippen LogP contribution in [0.3, 0.4) is 0 Å². The van der Waals surface area contributed by atoms with E-state index >= 15 is 0 Å². The molecular weight excluding hydrogens is 463 g/mol. The highest BCUT2D eigenvalue weighted by Gasteiger charge is 2.24. The molecule has 2 amide bonds. The van der Waals surface area contributed by atoms with Gasteiger partial charge in [0.15, 0.2) is 6.61 Å². The number of methoxy groups -OCH3 is 1. The second-order valence-corrected chi connectivity index (χ2v) is 9.42. The van der Waals surface area contributed by atoms with E-state index in [2.05, 4.69) is 23.7 Å². The molecule has 36 heavy (non-hydrogen) atoms. The summed E-state index contributed by atoms with van der Waals surface area (Å²) in [6.45, 7) is 7.82. The Morgan fingerprint density at radius 2 is 1.81 bits per heavy atom. The smallest absolute Gasteiger partial charge is 0.260 e. The topological polar surface area (TPSA) is 75.2 Å². The second-order valence-electron chi connectivity index (χ2n) is 9.42. The van der Waals surface area contributed by atoms with Gasteiger partial charge < -0.3 is 24.2 Å². The van der Waals surface area contributed by atoms with Gasteiger partial charge in [-0.05, 0) is 61.7 Å². The summed E-state index contributed by atoms with van der Waals surface area (Å²) in [6.07, 6.45) is 3.16. The van der Waals surface area contributed by atoms with Crippen LogP contribution >= 0.6 is 0 Å². The molecule has 0 radical (unpaired) electrons. The quantitative estimate of drug-likeness (QED) is 0.581. The van der Waals surface area contributed by atoms with E-state index in [4.69, 9.17) is 9.47 Å². The fraction of sp³-hybridized carbons (Fsp3) is 0.519. The van der Waals surface area contributed by atoms with Crippen LogP contribution in [0, 0.1) is 11.7 Å². The third-order valence-corrected chi connectivity index (χ3v) is 5.98. The molecule has 0 atom stereocenters. The Hall–Kier alpha value is -3.04. The molecule has 0 saturated heterocycles. The van der Waals surface area contributed by atoms with Crippen LogP contribution in [0.5, 0.6) is 5.88 Å². The molecule has 196 valence electrons. The van der Waals surface area contributed by atoms with Gasteiger partial charge in [0.2, 0.25) is 5.88 Å². The van der Waals surface area contributed by atoms with Crippen molar-refractivity contribution in [3.63, 3.8) is 0 Å². The zero-order chi connectivity index (χ0) is 25.9. The predicted molar refractivity (Wildman–Crippen MR) is 136 cm³/mol. The van der Waals surface area contributed by atoms with E-state index in [0.29, 0.717) is 36.1 Å². The van der Waals surface area contributed by atoms with Crippen LogP contribution in [0.2, 0.25) is 0 Å². The molecule has 8 nitrogen and oxygen atoms in total. The van der Waals surface area contributed by atoms with Crippen molar-refractivity contribution in [1.29, 1.82) is 0 Å². The summed E-state index contributed by atoms with van der Waals surface area (Å²) in [7, 11) is 1.48. The highest BCUT2D eigenvalue weighted by molar-refractivity contribution is 5.95. The molecule has 2 heterocycles. The number of fused-ring (bicyclic) bond motifs is 1. The molecule has 3 rings (SSSR count). The molecule has 0 aliphatic carbocycles. The maximum atomic E-state index is 14.3. The molecule has 0 bridgehead atoms. The average Bonchev–Trinajstić information content (AvgIpc) is 2.84. The van der Waals surface area contributed by atoms with E-state index in [9.17, 15) is 14.0 Å². The summed E-state index contributed by atoms with van der Waals surface area (Å²) in [5.74, 6) is 0.0240. The number of rotatable bonds is 7. The number of hydrogen-bond acceptors (Lipinski definition) is 6. The van der Waals surface area contributed by atoms with Gasteiger partial charge in [0, 0.05) is 51.2 Å². The number of ether oxygens (including phenoxy) is 2. The van der Waals surface area contributed by atoms with Crippen molar-refractivity contribution in [3.8, 4) is 5.88 Å². The first-order valence-electron chi connectivity index (χ1n) is 12.5. The molecule has 1 aromatic heterocycles. The fourth-order valence-corrected chi connectivity index (χ4v) is 4.43. The van der Waals surface area contributed by atoms with Crippen molar-refractivity contribution in [2.45, 2.75) is 33.2 Å². The molecule has 1 aliphatic rings. The Labute approximate surface area is 213 Å². The van der Waals surface area contributed by atoms with E-state index in [-0.39, 0.29) is 31.6 Å². The van der Waals surface area contributed by atoms with Crippen LogP contribution in [0.15, 0.2) is 42.6 Å². The molecule has 0 N–H and O–H groups in total. The zero-order valence-corrected chi connectivity index (χ0v) is 21.5. The first kappa shape index (κ1) is 27.5. The number of nitrogens with zero attached hydrogens (tertiary/aromatic N) is 4. The van der Waals surface area contributed by atoms with Crippen molar-refractivity contribution in [3.05, 3.63) is 54.0 Å². The van der Waals surface area contributed by atoms with Gasteiger partial charge in [-0.2, -0.15) is 0 Å². The number of carbonyl (C=O) groups excluding carboxylic acids is 2.